The van der Waals surface area contributed by atoms with Crippen molar-refractivity contribution in [2.24, 2.45) is 4.99 Å². The van der Waals surface area contributed by atoms with Gasteiger partial charge in [-0.25, -0.2) is 4.99 Å². The summed E-state index contributed by atoms with van der Waals surface area (Å²) in [5.74, 6) is 1.03. The highest BCUT2D eigenvalue weighted by Gasteiger charge is 2.29. The third kappa shape index (κ3) is 2.76. The van der Waals surface area contributed by atoms with Crippen LogP contribution in [-0.4, -0.2) is 48.9 Å². The summed E-state index contributed by atoms with van der Waals surface area (Å²) < 4.78 is 0. The van der Waals surface area contributed by atoms with Crippen LogP contribution in [0.15, 0.2) is 47.5 Å². The second-order valence-electron chi connectivity index (χ2n) is 6.62. The maximum Gasteiger partial charge on any atom is 0.138 e. The standard InChI is InChI=1S/C19H21ClN4/c1-23(2)14-9-10-24(12-14)19-15-5-3-4-6-16(15)21-17-8-7-13(20)11-18(17)22-19/h3-8,11,14,21H,9-10,12H2,1-2H3/t14-/m0/s1. The third-order valence-corrected chi connectivity index (χ3v) is 5.05. The molecule has 2 aliphatic heterocycles. The molecular weight excluding hydrogens is 320 g/mol. The first-order valence-corrected chi connectivity index (χ1v) is 8.65. The van der Waals surface area contributed by atoms with Crippen LogP contribution in [0, 0.1) is 0 Å². The van der Waals surface area contributed by atoms with E-state index in [1.807, 2.05) is 18.2 Å². The van der Waals surface area contributed by atoms with Gasteiger partial charge in [0.25, 0.3) is 0 Å². The van der Waals surface area contributed by atoms with Crippen molar-refractivity contribution in [2.45, 2.75) is 12.5 Å². The molecule has 0 saturated carbocycles. The Kier molecular flexibility index (Phi) is 3.94. The Labute approximate surface area is 147 Å². The molecular formula is C19H21ClN4. The number of anilines is 2. The van der Waals surface area contributed by atoms with Crippen LogP contribution in [0.25, 0.3) is 0 Å². The molecule has 1 atom stereocenters. The third-order valence-electron chi connectivity index (χ3n) is 4.82. The fourth-order valence-corrected chi connectivity index (χ4v) is 3.57. The highest BCUT2D eigenvalue weighted by molar-refractivity contribution is 6.31. The minimum Gasteiger partial charge on any atom is -0.354 e. The Morgan fingerprint density at radius 3 is 2.79 bits per heavy atom. The van der Waals surface area contributed by atoms with Gasteiger partial charge in [-0.2, -0.15) is 0 Å². The van der Waals surface area contributed by atoms with Gasteiger partial charge in [0.05, 0.1) is 11.4 Å². The minimum absolute atomic E-state index is 0.565. The van der Waals surface area contributed by atoms with Crippen LogP contribution in [0.5, 0.6) is 0 Å². The molecule has 2 aromatic carbocycles. The molecule has 4 rings (SSSR count). The first-order valence-electron chi connectivity index (χ1n) is 8.28. The lowest BCUT2D eigenvalue weighted by Gasteiger charge is -2.23. The second kappa shape index (κ2) is 6.11. The molecule has 0 radical (unpaired) electrons. The van der Waals surface area contributed by atoms with Crippen LogP contribution in [0.2, 0.25) is 5.02 Å². The van der Waals surface area contributed by atoms with E-state index < -0.39 is 0 Å². The highest BCUT2D eigenvalue weighted by Crippen LogP contribution is 2.37. The van der Waals surface area contributed by atoms with Gasteiger partial charge in [0, 0.05) is 35.4 Å². The van der Waals surface area contributed by atoms with Gasteiger partial charge in [0.15, 0.2) is 0 Å². The topological polar surface area (TPSA) is 30.9 Å². The molecule has 0 unspecified atom stereocenters. The second-order valence-corrected chi connectivity index (χ2v) is 7.06. The molecule has 2 heterocycles. The predicted octanol–water partition coefficient (Wildman–Crippen LogP) is 4.11. The maximum absolute atomic E-state index is 6.20. The van der Waals surface area contributed by atoms with E-state index >= 15 is 0 Å². The van der Waals surface area contributed by atoms with Crippen LogP contribution < -0.4 is 5.32 Å². The molecule has 5 heteroatoms. The Morgan fingerprint density at radius 1 is 1.17 bits per heavy atom. The van der Waals surface area contributed by atoms with Crippen molar-refractivity contribution in [1.29, 1.82) is 0 Å². The summed E-state index contributed by atoms with van der Waals surface area (Å²) in [6, 6.07) is 14.7. The molecule has 124 valence electrons. The molecule has 2 aromatic rings. The van der Waals surface area contributed by atoms with Gasteiger partial charge in [-0.3, -0.25) is 0 Å². The number of nitrogens with zero attached hydrogens (tertiary/aromatic N) is 3. The summed E-state index contributed by atoms with van der Waals surface area (Å²) >= 11 is 6.20. The summed E-state index contributed by atoms with van der Waals surface area (Å²) in [4.78, 5) is 9.68. The number of hydrogen-bond acceptors (Lipinski definition) is 4. The van der Waals surface area contributed by atoms with Gasteiger partial charge in [-0.15, -0.1) is 0 Å². The molecule has 1 saturated heterocycles. The fourth-order valence-electron chi connectivity index (χ4n) is 3.41. The average molecular weight is 341 g/mol. The SMILES string of the molecule is CN(C)[C@H]1CCN(C2=Nc3cc(Cl)ccc3Nc3ccccc32)C1. The monoisotopic (exact) mass is 340 g/mol. The molecule has 2 aliphatic rings. The van der Waals surface area contributed by atoms with Crippen molar-refractivity contribution in [3.63, 3.8) is 0 Å². The number of halogens is 1. The number of hydrogen-bond donors (Lipinski definition) is 1. The number of likely N-dealkylation sites (N-methyl/N-ethyl adjacent to an activating group) is 1. The number of benzene rings is 2. The van der Waals surface area contributed by atoms with E-state index in [-0.39, 0.29) is 0 Å². The normalized spacial score (nSPS) is 19.4. The summed E-state index contributed by atoms with van der Waals surface area (Å²) in [7, 11) is 4.29. The molecule has 0 spiro atoms. The van der Waals surface area contributed by atoms with E-state index in [1.165, 1.54) is 0 Å². The number of likely N-dealkylation sites (tertiary alicyclic amines) is 1. The van der Waals surface area contributed by atoms with E-state index in [9.17, 15) is 0 Å². The first kappa shape index (κ1) is 15.5. The number of fused-ring (bicyclic) bond motifs is 2. The smallest absolute Gasteiger partial charge is 0.138 e. The van der Waals surface area contributed by atoms with E-state index in [4.69, 9.17) is 16.6 Å². The quantitative estimate of drug-likeness (QED) is 0.847. The molecule has 0 aliphatic carbocycles. The Balaban J connectivity index is 1.81. The molecule has 4 nitrogen and oxygen atoms in total. The number of nitrogens with one attached hydrogen (secondary N) is 1. The van der Waals surface area contributed by atoms with Crippen molar-refractivity contribution in [3.05, 3.63) is 53.1 Å². The maximum atomic E-state index is 6.20. The predicted molar refractivity (Wildman–Crippen MR) is 101 cm³/mol. The van der Waals surface area contributed by atoms with E-state index in [1.54, 1.807) is 0 Å². The van der Waals surface area contributed by atoms with Crippen molar-refractivity contribution in [2.75, 3.05) is 32.5 Å². The zero-order valence-electron chi connectivity index (χ0n) is 14.0. The summed E-state index contributed by atoms with van der Waals surface area (Å²) in [6.45, 7) is 2.02. The van der Waals surface area contributed by atoms with Gasteiger partial charge in [0.2, 0.25) is 0 Å². The average Bonchev–Trinajstić information content (AvgIpc) is 3.00. The van der Waals surface area contributed by atoms with E-state index in [0.29, 0.717) is 11.1 Å². The molecule has 1 N–H and O–H groups in total. The molecule has 1 fully saturated rings. The van der Waals surface area contributed by atoms with Crippen molar-refractivity contribution in [1.82, 2.24) is 9.80 Å². The van der Waals surface area contributed by atoms with Crippen LogP contribution >= 0.6 is 11.6 Å². The zero-order valence-corrected chi connectivity index (χ0v) is 14.7. The Bertz CT molecular complexity index is 800. The lowest BCUT2D eigenvalue weighted by molar-refractivity contribution is 0.301. The number of amidine groups is 1. The summed E-state index contributed by atoms with van der Waals surface area (Å²) in [5.41, 5.74) is 4.11. The lowest BCUT2D eigenvalue weighted by atomic mass is 10.1. The van der Waals surface area contributed by atoms with Crippen LogP contribution in [0.1, 0.15) is 12.0 Å². The minimum atomic E-state index is 0.565. The number of rotatable bonds is 1. The van der Waals surface area contributed by atoms with Gasteiger partial charge in [-0.05, 0) is 50.8 Å². The summed E-state index contributed by atoms with van der Waals surface area (Å²) in [5, 5.41) is 4.21. The molecule has 24 heavy (non-hydrogen) atoms. The van der Waals surface area contributed by atoms with E-state index in [2.05, 4.69) is 53.5 Å². The van der Waals surface area contributed by atoms with Crippen molar-refractivity contribution >= 4 is 34.5 Å². The Morgan fingerprint density at radius 2 is 2.00 bits per heavy atom. The largest absolute Gasteiger partial charge is 0.354 e. The van der Waals surface area contributed by atoms with Gasteiger partial charge >= 0.3 is 0 Å². The van der Waals surface area contributed by atoms with Crippen LogP contribution in [0.4, 0.5) is 17.1 Å². The zero-order chi connectivity index (χ0) is 16.7. The van der Waals surface area contributed by atoms with Gasteiger partial charge in [-0.1, -0.05) is 23.7 Å². The summed E-state index contributed by atoms with van der Waals surface area (Å²) in [6.07, 6.45) is 1.16. The van der Waals surface area contributed by atoms with Gasteiger partial charge < -0.3 is 15.1 Å². The first-order chi connectivity index (χ1) is 11.6. The van der Waals surface area contributed by atoms with Crippen molar-refractivity contribution < 1.29 is 0 Å². The van der Waals surface area contributed by atoms with Crippen molar-refractivity contribution in [3.8, 4) is 0 Å². The van der Waals surface area contributed by atoms with Crippen LogP contribution in [0.3, 0.4) is 0 Å². The number of para-hydroxylation sites is 1. The van der Waals surface area contributed by atoms with E-state index in [0.717, 1.165) is 48.0 Å². The highest BCUT2D eigenvalue weighted by atomic mass is 35.5. The Hall–Kier alpha value is -2.04. The fraction of sp³-hybridized carbons (Fsp3) is 0.316. The van der Waals surface area contributed by atoms with Crippen LogP contribution in [-0.2, 0) is 0 Å². The number of aliphatic imine (C=N–C) groups is 1. The van der Waals surface area contributed by atoms with Gasteiger partial charge in [0.1, 0.15) is 5.84 Å². The molecule has 0 amide bonds. The molecule has 0 bridgehead atoms. The molecule has 0 aromatic heterocycles. The lowest BCUT2D eigenvalue weighted by Crippen LogP contribution is -2.35.